The van der Waals surface area contributed by atoms with Crippen LogP contribution in [0, 0.1) is 27.7 Å². The van der Waals surface area contributed by atoms with Gasteiger partial charge in [0.1, 0.15) is 5.69 Å². The van der Waals surface area contributed by atoms with Crippen LogP contribution in [0.1, 0.15) is 33.0 Å². The summed E-state index contributed by atoms with van der Waals surface area (Å²) in [4.78, 5) is 12.5. The molecule has 1 amide bonds. The monoisotopic (exact) mass is 323 g/mol. The van der Waals surface area contributed by atoms with Crippen LogP contribution in [0.4, 0.5) is 5.69 Å². The first kappa shape index (κ1) is 16.0. The van der Waals surface area contributed by atoms with E-state index in [4.69, 9.17) is 0 Å². The summed E-state index contributed by atoms with van der Waals surface area (Å²) in [5, 5.41) is 14.4. The third-order valence-electron chi connectivity index (χ3n) is 4.23. The maximum atomic E-state index is 12.5. The van der Waals surface area contributed by atoms with Crippen LogP contribution in [-0.2, 0) is 7.05 Å². The molecule has 0 saturated heterocycles. The van der Waals surface area contributed by atoms with Crippen LogP contribution in [-0.4, -0.2) is 25.9 Å². The second-order valence-corrected chi connectivity index (χ2v) is 6.11. The molecule has 1 aromatic carbocycles. The van der Waals surface area contributed by atoms with E-state index in [-0.39, 0.29) is 5.91 Å². The lowest BCUT2D eigenvalue weighted by molar-refractivity contribution is 0.102. The maximum Gasteiger partial charge on any atom is 0.273 e. The summed E-state index contributed by atoms with van der Waals surface area (Å²) in [7, 11) is 1.90. The number of anilines is 1. The van der Waals surface area contributed by atoms with Crippen molar-refractivity contribution < 1.29 is 4.79 Å². The standard InChI is InChI=1S/C18H21N5O/c1-10-6-7-11(2)14(8-10)19-18(24)16-9-15(20-21-16)17-12(3)22-23(5)13(17)4/h6-9H,1-5H3,(H,19,24)(H,20,21). The molecular formula is C18H21N5O. The third-order valence-corrected chi connectivity index (χ3v) is 4.23. The van der Waals surface area contributed by atoms with E-state index in [1.807, 2.05) is 57.6 Å². The Balaban J connectivity index is 1.88. The molecule has 6 nitrogen and oxygen atoms in total. The molecule has 0 spiro atoms. The molecule has 2 aromatic heterocycles. The van der Waals surface area contributed by atoms with E-state index >= 15 is 0 Å². The second kappa shape index (κ2) is 5.96. The Bertz CT molecular complexity index is 920. The molecule has 3 aromatic rings. The molecule has 0 unspecified atom stereocenters. The van der Waals surface area contributed by atoms with Crippen molar-refractivity contribution in [3.63, 3.8) is 0 Å². The number of H-pyrrole nitrogens is 1. The summed E-state index contributed by atoms with van der Waals surface area (Å²) in [6, 6.07) is 7.73. The number of amides is 1. The van der Waals surface area contributed by atoms with E-state index in [2.05, 4.69) is 20.6 Å². The number of carbonyl (C=O) groups is 1. The fraction of sp³-hybridized carbons (Fsp3) is 0.278. The molecule has 2 heterocycles. The average Bonchev–Trinajstić information content (AvgIpc) is 3.09. The lowest BCUT2D eigenvalue weighted by Gasteiger charge is -2.08. The number of aromatic amines is 1. The summed E-state index contributed by atoms with van der Waals surface area (Å²) in [6.45, 7) is 7.89. The smallest absolute Gasteiger partial charge is 0.273 e. The highest BCUT2D eigenvalue weighted by Crippen LogP contribution is 2.25. The molecule has 0 aliphatic carbocycles. The first-order valence-corrected chi connectivity index (χ1v) is 7.81. The summed E-state index contributed by atoms with van der Waals surface area (Å²) < 4.78 is 1.81. The number of benzene rings is 1. The van der Waals surface area contributed by atoms with E-state index < -0.39 is 0 Å². The topological polar surface area (TPSA) is 75.6 Å². The van der Waals surface area contributed by atoms with Gasteiger partial charge in [0.2, 0.25) is 0 Å². The predicted molar refractivity (Wildman–Crippen MR) is 94.1 cm³/mol. The van der Waals surface area contributed by atoms with Crippen molar-refractivity contribution in [2.45, 2.75) is 27.7 Å². The van der Waals surface area contributed by atoms with Crippen LogP contribution in [0.25, 0.3) is 11.3 Å². The van der Waals surface area contributed by atoms with Gasteiger partial charge in [-0.05, 0) is 51.0 Å². The van der Waals surface area contributed by atoms with E-state index in [9.17, 15) is 4.79 Å². The minimum absolute atomic E-state index is 0.207. The Hall–Kier alpha value is -2.89. The highest BCUT2D eigenvalue weighted by Gasteiger charge is 2.17. The van der Waals surface area contributed by atoms with Crippen molar-refractivity contribution in [3.8, 4) is 11.3 Å². The first-order chi connectivity index (χ1) is 11.4. The molecule has 0 atom stereocenters. The summed E-state index contributed by atoms with van der Waals surface area (Å²) in [6.07, 6.45) is 0. The quantitative estimate of drug-likeness (QED) is 0.776. The second-order valence-electron chi connectivity index (χ2n) is 6.11. The Labute approximate surface area is 140 Å². The number of carbonyl (C=O) groups excluding carboxylic acids is 1. The van der Waals surface area contributed by atoms with Gasteiger partial charge >= 0.3 is 0 Å². The van der Waals surface area contributed by atoms with Crippen LogP contribution in [0.15, 0.2) is 24.3 Å². The van der Waals surface area contributed by atoms with Gasteiger partial charge in [-0.15, -0.1) is 0 Å². The van der Waals surface area contributed by atoms with Crippen molar-refractivity contribution in [3.05, 3.63) is 52.5 Å². The van der Waals surface area contributed by atoms with Gasteiger partial charge in [-0.25, -0.2) is 0 Å². The lowest BCUT2D eigenvalue weighted by atomic mass is 10.1. The predicted octanol–water partition coefficient (Wildman–Crippen LogP) is 3.30. The zero-order valence-electron chi connectivity index (χ0n) is 14.6. The van der Waals surface area contributed by atoms with Gasteiger partial charge in [-0.3, -0.25) is 14.6 Å². The molecule has 0 bridgehead atoms. The third kappa shape index (κ3) is 2.82. The number of rotatable bonds is 3. The molecule has 0 aliphatic rings. The van der Waals surface area contributed by atoms with Gasteiger partial charge in [0, 0.05) is 24.0 Å². The number of aryl methyl sites for hydroxylation is 4. The Kier molecular flexibility index (Phi) is 3.97. The molecule has 2 N–H and O–H groups in total. The number of aromatic nitrogens is 4. The number of hydrogen-bond donors (Lipinski definition) is 2. The Morgan fingerprint density at radius 3 is 2.58 bits per heavy atom. The van der Waals surface area contributed by atoms with Gasteiger partial charge in [-0.2, -0.15) is 10.2 Å². The summed E-state index contributed by atoms with van der Waals surface area (Å²) in [5.74, 6) is -0.207. The highest BCUT2D eigenvalue weighted by atomic mass is 16.1. The maximum absolute atomic E-state index is 12.5. The van der Waals surface area contributed by atoms with E-state index in [1.54, 1.807) is 6.07 Å². The highest BCUT2D eigenvalue weighted by molar-refractivity contribution is 6.04. The lowest BCUT2D eigenvalue weighted by Crippen LogP contribution is -2.13. The Morgan fingerprint density at radius 1 is 1.17 bits per heavy atom. The summed E-state index contributed by atoms with van der Waals surface area (Å²) >= 11 is 0. The molecule has 6 heteroatoms. The summed E-state index contributed by atoms with van der Waals surface area (Å²) in [5.41, 5.74) is 6.95. The molecule has 0 fully saturated rings. The van der Waals surface area contributed by atoms with Gasteiger partial charge in [0.05, 0.1) is 11.4 Å². The van der Waals surface area contributed by atoms with Gasteiger partial charge in [0.15, 0.2) is 0 Å². The average molecular weight is 323 g/mol. The fourth-order valence-electron chi connectivity index (χ4n) is 2.77. The molecule has 24 heavy (non-hydrogen) atoms. The van der Waals surface area contributed by atoms with Gasteiger partial charge in [0.25, 0.3) is 5.91 Å². The van der Waals surface area contributed by atoms with Crippen LogP contribution in [0.3, 0.4) is 0 Å². The van der Waals surface area contributed by atoms with Crippen LogP contribution >= 0.6 is 0 Å². The molecule has 0 saturated carbocycles. The zero-order chi connectivity index (χ0) is 17.4. The SMILES string of the molecule is Cc1ccc(C)c(NC(=O)c2cc(-c3c(C)nn(C)c3C)n[nH]2)c1. The van der Waals surface area contributed by atoms with Gasteiger partial charge in [-0.1, -0.05) is 12.1 Å². The number of nitrogens with one attached hydrogen (secondary N) is 2. The van der Waals surface area contributed by atoms with E-state index in [0.29, 0.717) is 5.69 Å². The van der Waals surface area contributed by atoms with Crippen LogP contribution in [0.5, 0.6) is 0 Å². The minimum Gasteiger partial charge on any atom is -0.320 e. The van der Waals surface area contributed by atoms with Crippen molar-refractivity contribution in [2.75, 3.05) is 5.32 Å². The number of hydrogen-bond acceptors (Lipinski definition) is 3. The van der Waals surface area contributed by atoms with Crippen LogP contribution in [0.2, 0.25) is 0 Å². The molecule has 124 valence electrons. The van der Waals surface area contributed by atoms with Crippen LogP contribution < -0.4 is 5.32 Å². The number of nitrogens with zero attached hydrogens (tertiary/aromatic N) is 3. The first-order valence-electron chi connectivity index (χ1n) is 7.81. The van der Waals surface area contributed by atoms with E-state index in [0.717, 1.165) is 39.5 Å². The fourth-order valence-corrected chi connectivity index (χ4v) is 2.77. The van der Waals surface area contributed by atoms with Crippen molar-refractivity contribution in [1.82, 2.24) is 20.0 Å². The Morgan fingerprint density at radius 2 is 1.92 bits per heavy atom. The molecule has 3 rings (SSSR count). The normalized spacial score (nSPS) is 10.9. The minimum atomic E-state index is -0.207. The van der Waals surface area contributed by atoms with Gasteiger partial charge < -0.3 is 5.32 Å². The molecule has 0 radical (unpaired) electrons. The van der Waals surface area contributed by atoms with Crippen molar-refractivity contribution >= 4 is 11.6 Å². The molecular weight excluding hydrogens is 302 g/mol. The van der Waals surface area contributed by atoms with E-state index in [1.165, 1.54) is 0 Å². The molecule has 0 aliphatic heterocycles. The van der Waals surface area contributed by atoms with Crippen molar-refractivity contribution in [2.24, 2.45) is 7.05 Å². The van der Waals surface area contributed by atoms with Crippen molar-refractivity contribution in [1.29, 1.82) is 0 Å². The zero-order valence-corrected chi connectivity index (χ0v) is 14.6. The largest absolute Gasteiger partial charge is 0.320 e.